The highest BCUT2D eigenvalue weighted by molar-refractivity contribution is 5.81. The number of ether oxygens (including phenoxy) is 1. The monoisotopic (exact) mass is 262 g/mol. The smallest absolute Gasteiger partial charge is 0.172 e. The van der Waals surface area contributed by atoms with Crippen molar-refractivity contribution in [2.75, 3.05) is 6.61 Å². The zero-order valence-electron chi connectivity index (χ0n) is 10.8. The van der Waals surface area contributed by atoms with E-state index in [0.717, 1.165) is 0 Å². The Morgan fingerprint density at radius 2 is 2.16 bits per heavy atom. The number of carbonyl (C=O) groups is 1. The molecule has 2 rings (SSSR count). The fraction of sp³-hybridized carbons (Fsp3) is 0.286. The van der Waals surface area contributed by atoms with Crippen LogP contribution in [0.2, 0.25) is 0 Å². The van der Waals surface area contributed by atoms with Crippen molar-refractivity contribution < 1.29 is 13.9 Å². The molecule has 0 aliphatic rings. The number of para-hydroxylation sites is 1. The van der Waals surface area contributed by atoms with Gasteiger partial charge in [-0.05, 0) is 12.1 Å². The minimum atomic E-state index is -0.365. The standard InChI is InChI=1S/C14H15FN2O2/c1-10(2)14(18)9-19-11-7-16-17(8-11)13-6-4-3-5-12(13)15/h3-8,10H,9H2,1-2H3. The van der Waals surface area contributed by atoms with Gasteiger partial charge in [-0.1, -0.05) is 26.0 Å². The third-order valence-corrected chi connectivity index (χ3v) is 2.68. The molecule has 0 N–H and O–H groups in total. The van der Waals surface area contributed by atoms with E-state index in [1.807, 2.05) is 13.8 Å². The summed E-state index contributed by atoms with van der Waals surface area (Å²) in [6.45, 7) is 3.63. The van der Waals surface area contributed by atoms with Crippen molar-refractivity contribution in [3.05, 3.63) is 42.5 Å². The van der Waals surface area contributed by atoms with Gasteiger partial charge in [0.1, 0.15) is 18.1 Å². The SMILES string of the molecule is CC(C)C(=O)COc1cnn(-c2ccccc2F)c1. The average Bonchev–Trinajstić information content (AvgIpc) is 2.85. The third kappa shape index (κ3) is 3.19. The zero-order valence-corrected chi connectivity index (χ0v) is 10.8. The molecule has 0 radical (unpaired) electrons. The third-order valence-electron chi connectivity index (χ3n) is 2.68. The van der Waals surface area contributed by atoms with Crippen molar-refractivity contribution >= 4 is 5.78 Å². The number of hydrogen-bond donors (Lipinski definition) is 0. The van der Waals surface area contributed by atoms with Gasteiger partial charge in [0, 0.05) is 5.92 Å². The van der Waals surface area contributed by atoms with E-state index in [4.69, 9.17) is 4.74 Å². The molecular weight excluding hydrogens is 247 g/mol. The molecule has 1 aromatic heterocycles. The minimum Gasteiger partial charge on any atom is -0.483 e. The van der Waals surface area contributed by atoms with Gasteiger partial charge in [0.25, 0.3) is 0 Å². The van der Waals surface area contributed by atoms with Gasteiger partial charge in [-0.2, -0.15) is 5.10 Å². The van der Waals surface area contributed by atoms with Crippen molar-refractivity contribution in [2.24, 2.45) is 5.92 Å². The molecule has 0 bridgehead atoms. The molecule has 0 saturated carbocycles. The molecule has 0 aliphatic carbocycles. The number of aromatic nitrogens is 2. The summed E-state index contributed by atoms with van der Waals surface area (Å²) < 4.78 is 20.2. The highest BCUT2D eigenvalue weighted by Gasteiger charge is 2.10. The Balaban J connectivity index is 2.08. The van der Waals surface area contributed by atoms with Gasteiger partial charge < -0.3 is 4.74 Å². The maximum Gasteiger partial charge on any atom is 0.172 e. The van der Waals surface area contributed by atoms with Crippen LogP contribution < -0.4 is 4.74 Å². The van der Waals surface area contributed by atoms with E-state index in [1.54, 1.807) is 24.4 Å². The molecule has 4 nitrogen and oxygen atoms in total. The summed E-state index contributed by atoms with van der Waals surface area (Å²) in [6, 6.07) is 6.31. The fourth-order valence-electron chi connectivity index (χ4n) is 1.47. The first-order valence-corrected chi connectivity index (χ1v) is 6.03. The van der Waals surface area contributed by atoms with Crippen molar-refractivity contribution in [1.82, 2.24) is 9.78 Å². The second-order valence-corrected chi connectivity index (χ2v) is 4.48. The van der Waals surface area contributed by atoms with Crippen LogP contribution in [0.1, 0.15) is 13.8 Å². The number of halogens is 1. The summed E-state index contributed by atoms with van der Waals surface area (Å²) in [4.78, 5) is 11.4. The quantitative estimate of drug-likeness (QED) is 0.832. The summed E-state index contributed by atoms with van der Waals surface area (Å²) in [5.74, 6) is 0.0212. The Morgan fingerprint density at radius 1 is 1.42 bits per heavy atom. The van der Waals surface area contributed by atoms with Crippen LogP contribution in [0.3, 0.4) is 0 Å². The first kappa shape index (κ1) is 13.3. The van der Waals surface area contributed by atoms with Gasteiger partial charge >= 0.3 is 0 Å². The Morgan fingerprint density at radius 3 is 2.84 bits per heavy atom. The van der Waals surface area contributed by atoms with Gasteiger partial charge in [0.15, 0.2) is 11.5 Å². The zero-order chi connectivity index (χ0) is 13.8. The van der Waals surface area contributed by atoms with Crippen molar-refractivity contribution in [2.45, 2.75) is 13.8 Å². The average molecular weight is 262 g/mol. The van der Waals surface area contributed by atoms with Gasteiger partial charge in [-0.25, -0.2) is 9.07 Å². The van der Waals surface area contributed by atoms with Crippen molar-refractivity contribution in [1.29, 1.82) is 0 Å². The predicted molar refractivity (Wildman–Crippen MR) is 68.9 cm³/mol. The molecule has 19 heavy (non-hydrogen) atoms. The van der Waals surface area contributed by atoms with Crippen LogP contribution in [0.4, 0.5) is 4.39 Å². The van der Waals surface area contributed by atoms with Crippen LogP contribution >= 0.6 is 0 Å². The highest BCUT2D eigenvalue weighted by Crippen LogP contribution is 2.16. The Labute approximate surface area is 110 Å². The Kier molecular flexibility index (Phi) is 3.94. The molecule has 0 amide bonds. The van der Waals surface area contributed by atoms with E-state index in [9.17, 15) is 9.18 Å². The van der Waals surface area contributed by atoms with Gasteiger partial charge in [0.05, 0.1) is 12.4 Å². The van der Waals surface area contributed by atoms with Crippen LogP contribution in [0.15, 0.2) is 36.7 Å². The number of Topliss-reactive ketones (excluding diaryl/α,β-unsaturated/α-hetero) is 1. The molecule has 0 saturated heterocycles. The highest BCUT2D eigenvalue weighted by atomic mass is 19.1. The van der Waals surface area contributed by atoms with Crippen LogP contribution in [0, 0.1) is 11.7 Å². The van der Waals surface area contributed by atoms with Gasteiger partial charge in [0.2, 0.25) is 0 Å². The summed E-state index contributed by atoms with van der Waals surface area (Å²) in [5, 5.41) is 4.01. The molecule has 0 atom stereocenters. The van der Waals surface area contributed by atoms with E-state index < -0.39 is 0 Å². The molecule has 1 heterocycles. The lowest BCUT2D eigenvalue weighted by molar-refractivity contribution is -0.123. The first-order valence-electron chi connectivity index (χ1n) is 6.03. The number of nitrogens with zero attached hydrogens (tertiary/aromatic N) is 2. The summed E-state index contributed by atoms with van der Waals surface area (Å²) in [7, 11) is 0. The summed E-state index contributed by atoms with van der Waals surface area (Å²) in [6.07, 6.45) is 3.01. The van der Waals surface area contributed by atoms with Crippen LogP contribution in [0.5, 0.6) is 5.75 Å². The Bertz CT molecular complexity index is 578. The van der Waals surface area contributed by atoms with E-state index in [0.29, 0.717) is 11.4 Å². The molecule has 0 spiro atoms. The summed E-state index contributed by atoms with van der Waals surface area (Å²) >= 11 is 0. The van der Waals surface area contributed by atoms with Crippen molar-refractivity contribution in [3.63, 3.8) is 0 Å². The predicted octanol–water partition coefficient (Wildman–Crippen LogP) is 2.62. The summed E-state index contributed by atoms with van der Waals surface area (Å²) in [5.41, 5.74) is 0.340. The number of benzene rings is 1. The van der Waals surface area contributed by atoms with E-state index in [2.05, 4.69) is 5.10 Å². The molecule has 1 aromatic carbocycles. The van der Waals surface area contributed by atoms with Gasteiger partial charge in [-0.15, -0.1) is 0 Å². The topological polar surface area (TPSA) is 44.1 Å². The molecule has 100 valence electrons. The molecule has 0 unspecified atom stereocenters. The lowest BCUT2D eigenvalue weighted by Crippen LogP contribution is -2.16. The number of carbonyl (C=O) groups excluding carboxylic acids is 1. The molecular formula is C14H15FN2O2. The molecule has 0 fully saturated rings. The maximum atomic E-state index is 13.5. The van der Waals surface area contributed by atoms with E-state index in [-0.39, 0.29) is 24.1 Å². The number of ketones is 1. The lowest BCUT2D eigenvalue weighted by Gasteiger charge is -2.05. The number of rotatable bonds is 5. The van der Waals surface area contributed by atoms with E-state index in [1.165, 1.54) is 16.9 Å². The molecule has 5 heteroatoms. The minimum absolute atomic E-state index is 0.000627. The molecule has 0 aliphatic heterocycles. The first-order chi connectivity index (χ1) is 9.08. The van der Waals surface area contributed by atoms with E-state index >= 15 is 0 Å². The van der Waals surface area contributed by atoms with Crippen LogP contribution in [0.25, 0.3) is 5.69 Å². The normalized spacial score (nSPS) is 10.7. The largest absolute Gasteiger partial charge is 0.483 e. The Hall–Kier alpha value is -2.17. The van der Waals surface area contributed by atoms with Gasteiger partial charge in [-0.3, -0.25) is 4.79 Å². The fourth-order valence-corrected chi connectivity index (χ4v) is 1.47. The van der Waals surface area contributed by atoms with Crippen LogP contribution in [-0.2, 0) is 4.79 Å². The second kappa shape index (κ2) is 5.65. The lowest BCUT2D eigenvalue weighted by atomic mass is 10.1. The second-order valence-electron chi connectivity index (χ2n) is 4.48. The van der Waals surface area contributed by atoms with Crippen molar-refractivity contribution in [3.8, 4) is 11.4 Å². The maximum absolute atomic E-state index is 13.5. The number of hydrogen-bond acceptors (Lipinski definition) is 3. The molecule has 2 aromatic rings. The van der Waals surface area contributed by atoms with Crippen LogP contribution in [-0.4, -0.2) is 22.2 Å².